The topological polar surface area (TPSA) is 66.6 Å². The molecule has 1 saturated heterocycles. The summed E-state index contributed by atoms with van der Waals surface area (Å²) >= 11 is 0. The van der Waals surface area contributed by atoms with Gasteiger partial charge in [-0.05, 0) is 62.9 Å². The van der Waals surface area contributed by atoms with Crippen molar-refractivity contribution in [2.24, 2.45) is 5.73 Å². The van der Waals surface area contributed by atoms with Gasteiger partial charge in [-0.1, -0.05) is 35.4 Å². The van der Waals surface area contributed by atoms with Crippen molar-refractivity contribution in [1.29, 1.82) is 0 Å². The van der Waals surface area contributed by atoms with Crippen LogP contribution < -0.4 is 5.73 Å². The molecule has 2 aromatic carbocycles. The van der Waals surface area contributed by atoms with Crippen molar-refractivity contribution in [3.8, 4) is 0 Å². The monoisotopic (exact) mass is 393 g/mol. The number of piperazine rings is 1. The molecule has 1 atom stereocenters. The van der Waals surface area contributed by atoms with Crippen LogP contribution in [0.3, 0.4) is 0 Å². The fraction of sp³-hybridized carbons (Fsp3) is 0.417. The Morgan fingerprint density at radius 1 is 0.966 bits per heavy atom. The molecule has 0 unspecified atom stereocenters. The Hall–Kier alpha value is -2.66. The Bertz CT molecular complexity index is 902. The Morgan fingerprint density at radius 2 is 1.66 bits per heavy atom. The van der Waals surface area contributed by atoms with Crippen LogP contribution in [0, 0.1) is 27.7 Å². The second kappa shape index (κ2) is 8.78. The van der Waals surface area contributed by atoms with Gasteiger partial charge in [0.05, 0.1) is 6.54 Å². The van der Waals surface area contributed by atoms with Crippen LogP contribution in [-0.4, -0.2) is 53.8 Å². The zero-order valence-electron chi connectivity index (χ0n) is 17.9. The summed E-state index contributed by atoms with van der Waals surface area (Å²) in [5.74, 6) is -0.270. The first-order chi connectivity index (χ1) is 13.7. The van der Waals surface area contributed by atoms with Gasteiger partial charge in [0.2, 0.25) is 5.91 Å². The summed E-state index contributed by atoms with van der Waals surface area (Å²) in [5.41, 5.74) is 12.0. The maximum absolute atomic E-state index is 13.4. The van der Waals surface area contributed by atoms with E-state index >= 15 is 0 Å². The SMILES string of the molecule is Cc1cc(C)cc(C(=O)N2CCN(CC(N)=O)C[C@H]2Cc2ccc(C)c(C)c2)c1. The molecule has 1 aliphatic rings. The zero-order valence-corrected chi connectivity index (χ0v) is 17.9. The van der Waals surface area contributed by atoms with Crippen LogP contribution in [0.15, 0.2) is 36.4 Å². The number of aryl methyl sites for hydroxylation is 4. The average Bonchev–Trinajstić information content (AvgIpc) is 2.63. The summed E-state index contributed by atoms with van der Waals surface area (Å²) in [6.07, 6.45) is 0.757. The highest BCUT2D eigenvalue weighted by Crippen LogP contribution is 2.21. The van der Waals surface area contributed by atoms with Crippen LogP contribution in [0.25, 0.3) is 0 Å². The van der Waals surface area contributed by atoms with E-state index in [1.54, 1.807) is 0 Å². The first kappa shape index (κ1) is 21.1. The van der Waals surface area contributed by atoms with E-state index in [2.05, 4.69) is 43.0 Å². The Balaban J connectivity index is 1.87. The van der Waals surface area contributed by atoms with E-state index in [1.165, 1.54) is 16.7 Å². The van der Waals surface area contributed by atoms with Gasteiger partial charge in [0.15, 0.2) is 0 Å². The lowest BCUT2D eigenvalue weighted by atomic mass is 9.97. The number of hydrogen-bond donors (Lipinski definition) is 1. The molecule has 5 nitrogen and oxygen atoms in total. The van der Waals surface area contributed by atoms with E-state index in [0.29, 0.717) is 19.6 Å². The van der Waals surface area contributed by atoms with Crippen molar-refractivity contribution < 1.29 is 9.59 Å². The molecule has 3 rings (SSSR count). The first-order valence-electron chi connectivity index (χ1n) is 10.2. The van der Waals surface area contributed by atoms with E-state index in [0.717, 1.165) is 23.1 Å². The number of benzene rings is 2. The summed E-state index contributed by atoms with van der Waals surface area (Å²) in [4.78, 5) is 28.8. The molecular formula is C24H31N3O2. The van der Waals surface area contributed by atoms with Crippen molar-refractivity contribution in [3.05, 3.63) is 69.8 Å². The number of primary amides is 1. The molecule has 0 saturated carbocycles. The number of hydrogen-bond acceptors (Lipinski definition) is 3. The molecule has 2 amide bonds. The normalized spacial score (nSPS) is 17.4. The summed E-state index contributed by atoms with van der Waals surface area (Å²) in [6.45, 7) is 10.4. The predicted molar refractivity (Wildman–Crippen MR) is 116 cm³/mol. The molecule has 1 heterocycles. The maximum Gasteiger partial charge on any atom is 0.254 e. The molecule has 2 N–H and O–H groups in total. The van der Waals surface area contributed by atoms with Gasteiger partial charge in [-0.2, -0.15) is 0 Å². The molecule has 2 aromatic rings. The first-order valence-corrected chi connectivity index (χ1v) is 10.2. The smallest absolute Gasteiger partial charge is 0.254 e. The van der Waals surface area contributed by atoms with Crippen LogP contribution in [0.2, 0.25) is 0 Å². The van der Waals surface area contributed by atoms with Crippen molar-refractivity contribution in [2.75, 3.05) is 26.2 Å². The minimum Gasteiger partial charge on any atom is -0.369 e. The summed E-state index contributed by atoms with van der Waals surface area (Å²) in [6, 6.07) is 12.4. The third-order valence-electron chi connectivity index (χ3n) is 5.72. The average molecular weight is 394 g/mol. The molecule has 0 aromatic heterocycles. The van der Waals surface area contributed by atoms with Crippen molar-refractivity contribution in [2.45, 2.75) is 40.2 Å². The Kier molecular flexibility index (Phi) is 6.38. The van der Waals surface area contributed by atoms with Crippen molar-refractivity contribution in [1.82, 2.24) is 9.80 Å². The number of nitrogens with zero attached hydrogens (tertiary/aromatic N) is 2. The van der Waals surface area contributed by atoms with E-state index in [-0.39, 0.29) is 24.4 Å². The van der Waals surface area contributed by atoms with Crippen molar-refractivity contribution in [3.63, 3.8) is 0 Å². The van der Waals surface area contributed by atoms with Gasteiger partial charge in [-0.15, -0.1) is 0 Å². The van der Waals surface area contributed by atoms with Gasteiger partial charge in [0, 0.05) is 31.2 Å². The molecule has 5 heteroatoms. The van der Waals surface area contributed by atoms with Crippen LogP contribution in [0.1, 0.15) is 38.2 Å². The fourth-order valence-electron chi connectivity index (χ4n) is 4.19. The van der Waals surface area contributed by atoms with E-state index in [1.807, 2.05) is 30.9 Å². The summed E-state index contributed by atoms with van der Waals surface area (Å²) in [7, 11) is 0. The quantitative estimate of drug-likeness (QED) is 0.849. The standard InChI is InChI=1S/C24H31N3O2/c1-16-9-17(2)11-21(10-16)24(29)27-8-7-26(15-23(25)28)14-22(27)13-20-6-5-18(3)19(4)12-20/h5-6,9-12,22H,7-8,13-15H2,1-4H3,(H2,25,28)/t22-/m1/s1. The summed E-state index contributed by atoms with van der Waals surface area (Å²) < 4.78 is 0. The Labute approximate surface area is 173 Å². The lowest BCUT2D eigenvalue weighted by molar-refractivity contribution is -0.119. The summed E-state index contributed by atoms with van der Waals surface area (Å²) in [5, 5.41) is 0. The highest BCUT2D eigenvalue weighted by Gasteiger charge is 2.31. The molecular weight excluding hydrogens is 362 g/mol. The van der Waals surface area contributed by atoms with Gasteiger partial charge < -0.3 is 10.6 Å². The van der Waals surface area contributed by atoms with Gasteiger partial charge in [-0.25, -0.2) is 0 Å². The Morgan fingerprint density at radius 3 is 2.28 bits per heavy atom. The molecule has 0 aliphatic carbocycles. The van der Waals surface area contributed by atoms with Crippen LogP contribution in [0.4, 0.5) is 0 Å². The second-order valence-electron chi connectivity index (χ2n) is 8.35. The third kappa shape index (κ3) is 5.24. The number of rotatable bonds is 5. The van der Waals surface area contributed by atoms with E-state index in [9.17, 15) is 9.59 Å². The largest absolute Gasteiger partial charge is 0.369 e. The van der Waals surface area contributed by atoms with Crippen molar-refractivity contribution >= 4 is 11.8 Å². The lowest BCUT2D eigenvalue weighted by Crippen LogP contribution is -2.57. The number of carbonyl (C=O) groups is 2. The number of nitrogens with two attached hydrogens (primary N) is 1. The van der Waals surface area contributed by atoms with Gasteiger partial charge in [-0.3, -0.25) is 14.5 Å². The molecule has 1 aliphatic heterocycles. The highest BCUT2D eigenvalue weighted by atomic mass is 16.2. The third-order valence-corrected chi connectivity index (χ3v) is 5.72. The highest BCUT2D eigenvalue weighted by molar-refractivity contribution is 5.95. The molecule has 154 valence electrons. The molecule has 0 spiro atoms. The minimum absolute atomic E-state index is 0.00137. The van der Waals surface area contributed by atoms with E-state index in [4.69, 9.17) is 5.73 Å². The molecule has 29 heavy (non-hydrogen) atoms. The predicted octanol–water partition coefficient (Wildman–Crippen LogP) is 2.77. The van der Waals surface area contributed by atoms with Crippen LogP contribution in [0.5, 0.6) is 0 Å². The van der Waals surface area contributed by atoms with Crippen LogP contribution >= 0.6 is 0 Å². The zero-order chi connectivity index (χ0) is 21.1. The molecule has 0 bridgehead atoms. The molecule has 1 fully saturated rings. The lowest BCUT2D eigenvalue weighted by Gasteiger charge is -2.41. The maximum atomic E-state index is 13.4. The number of carbonyl (C=O) groups excluding carboxylic acids is 2. The molecule has 0 radical (unpaired) electrons. The van der Waals surface area contributed by atoms with Gasteiger partial charge in [0.1, 0.15) is 0 Å². The van der Waals surface area contributed by atoms with Crippen LogP contribution in [-0.2, 0) is 11.2 Å². The van der Waals surface area contributed by atoms with Gasteiger partial charge in [0.25, 0.3) is 5.91 Å². The fourth-order valence-corrected chi connectivity index (χ4v) is 4.19. The van der Waals surface area contributed by atoms with Gasteiger partial charge >= 0.3 is 0 Å². The second-order valence-corrected chi connectivity index (χ2v) is 8.35. The number of amides is 2. The van der Waals surface area contributed by atoms with E-state index < -0.39 is 0 Å². The minimum atomic E-state index is -0.330.